The molecule has 0 unspecified atom stereocenters. The van der Waals surface area contributed by atoms with Crippen LogP contribution in [-0.4, -0.2) is 14.2 Å². The van der Waals surface area contributed by atoms with Gasteiger partial charge in [0.25, 0.3) is 0 Å². The molecule has 0 aliphatic rings. The minimum atomic E-state index is 0.883. The highest BCUT2D eigenvalue weighted by Crippen LogP contribution is 2.31. The van der Waals surface area contributed by atoms with Gasteiger partial charge in [-0.15, -0.1) is 0 Å². The fraction of sp³-hybridized carbons (Fsp3) is 0.200. The molecule has 2 heteroatoms. The largest absolute Gasteiger partial charge is 0.497 e. The van der Waals surface area contributed by atoms with Crippen LogP contribution in [-0.2, 0) is 0 Å². The maximum atomic E-state index is 5.18. The van der Waals surface area contributed by atoms with Crippen LogP contribution in [0.3, 0.4) is 0 Å². The summed E-state index contributed by atoms with van der Waals surface area (Å²) < 4.78 is 5.18. The maximum absolute atomic E-state index is 5.18. The van der Waals surface area contributed by atoms with Crippen LogP contribution >= 0.6 is 0 Å². The van der Waals surface area contributed by atoms with Gasteiger partial charge in [0.1, 0.15) is 5.75 Å². The first kappa shape index (κ1) is 11.5. The van der Waals surface area contributed by atoms with E-state index in [0.717, 1.165) is 11.4 Å². The number of nitrogens with one attached hydrogen (secondary N) is 1. The predicted octanol–water partition coefficient (Wildman–Crippen LogP) is 3.71. The zero-order valence-corrected chi connectivity index (χ0v) is 10.4. The Morgan fingerprint density at radius 1 is 1.00 bits per heavy atom. The normalized spacial score (nSPS) is 10.1. The summed E-state index contributed by atoms with van der Waals surface area (Å²) in [6.45, 7) is 2.13. The number of anilines is 1. The number of benzene rings is 2. The molecule has 0 heterocycles. The van der Waals surface area contributed by atoms with Crippen LogP contribution in [0.25, 0.3) is 11.1 Å². The SMILES string of the molecule is CNc1cccc(C)c1-c1ccc(OC)cc1. The molecule has 2 aromatic carbocycles. The molecule has 0 aromatic heterocycles. The minimum absolute atomic E-state index is 0.883. The number of hydrogen-bond acceptors (Lipinski definition) is 2. The molecule has 1 N–H and O–H groups in total. The van der Waals surface area contributed by atoms with E-state index in [4.69, 9.17) is 4.74 Å². The highest BCUT2D eigenvalue weighted by atomic mass is 16.5. The molecule has 2 nitrogen and oxygen atoms in total. The van der Waals surface area contributed by atoms with Crippen LogP contribution in [0.4, 0.5) is 5.69 Å². The van der Waals surface area contributed by atoms with Gasteiger partial charge in [0.15, 0.2) is 0 Å². The van der Waals surface area contributed by atoms with Gasteiger partial charge in [-0.1, -0.05) is 24.3 Å². The Morgan fingerprint density at radius 2 is 1.71 bits per heavy atom. The summed E-state index contributed by atoms with van der Waals surface area (Å²) in [5.41, 5.74) is 4.86. The highest BCUT2D eigenvalue weighted by Gasteiger charge is 2.06. The molecule has 0 spiro atoms. The zero-order chi connectivity index (χ0) is 12.3. The van der Waals surface area contributed by atoms with Crippen molar-refractivity contribution in [3.63, 3.8) is 0 Å². The third-order valence-corrected chi connectivity index (χ3v) is 2.92. The molecule has 17 heavy (non-hydrogen) atoms. The van der Waals surface area contributed by atoms with Crippen LogP contribution in [0.1, 0.15) is 5.56 Å². The lowest BCUT2D eigenvalue weighted by molar-refractivity contribution is 0.415. The smallest absolute Gasteiger partial charge is 0.118 e. The molecule has 0 fully saturated rings. The van der Waals surface area contributed by atoms with E-state index in [1.165, 1.54) is 16.7 Å². The zero-order valence-electron chi connectivity index (χ0n) is 10.4. The number of rotatable bonds is 3. The molecule has 2 aromatic rings. The fourth-order valence-corrected chi connectivity index (χ4v) is 2.02. The van der Waals surface area contributed by atoms with Crippen molar-refractivity contribution in [2.75, 3.05) is 19.5 Å². The standard InChI is InChI=1S/C15H17NO/c1-11-5-4-6-14(16-2)15(11)12-7-9-13(17-3)10-8-12/h4-10,16H,1-3H3. The van der Waals surface area contributed by atoms with Crippen molar-refractivity contribution >= 4 is 5.69 Å². The summed E-state index contributed by atoms with van der Waals surface area (Å²) in [6, 6.07) is 14.4. The van der Waals surface area contributed by atoms with Crippen molar-refractivity contribution in [1.29, 1.82) is 0 Å². The Hall–Kier alpha value is -1.96. The van der Waals surface area contributed by atoms with Gasteiger partial charge in [-0.3, -0.25) is 0 Å². The lowest BCUT2D eigenvalue weighted by atomic mass is 9.98. The Labute approximate surface area is 102 Å². The summed E-state index contributed by atoms with van der Waals surface area (Å²) in [5, 5.41) is 3.23. The molecular weight excluding hydrogens is 210 g/mol. The molecule has 88 valence electrons. The Kier molecular flexibility index (Phi) is 3.33. The molecule has 0 atom stereocenters. The molecular formula is C15H17NO. The van der Waals surface area contributed by atoms with Crippen molar-refractivity contribution in [2.24, 2.45) is 0 Å². The van der Waals surface area contributed by atoms with E-state index in [-0.39, 0.29) is 0 Å². The van der Waals surface area contributed by atoms with E-state index in [0.29, 0.717) is 0 Å². The van der Waals surface area contributed by atoms with Gasteiger partial charge < -0.3 is 10.1 Å². The monoisotopic (exact) mass is 227 g/mol. The van der Waals surface area contributed by atoms with Crippen LogP contribution < -0.4 is 10.1 Å². The van der Waals surface area contributed by atoms with Gasteiger partial charge >= 0.3 is 0 Å². The average molecular weight is 227 g/mol. The molecule has 0 amide bonds. The van der Waals surface area contributed by atoms with Gasteiger partial charge in [0, 0.05) is 18.3 Å². The van der Waals surface area contributed by atoms with Crippen LogP contribution in [0, 0.1) is 6.92 Å². The lowest BCUT2D eigenvalue weighted by Gasteiger charge is -2.12. The summed E-state index contributed by atoms with van der Waals surface area (Å²) in [5.74, 6) is 0.883. The Morgan fingerprint density at radius 3 is 2.29 bits per heavy atom. The Balaban J connectivity index is 2.51. The van der Waals surface area contributed by atoms with Crippen molar-refractivity contribution in [3.8, 4) is 16.9 Å². The number of aryl methyl sites for hydroxylation is 1. The summed E-state index contributed by atoms with van der Waals surface area (Å²) >= 11 is 0. The second-order valence-electron chi connectivity index (χ2n) is 3.98. The van der Waals surface area contributed by atoms with E-state index in [9.17, 15) is 0 Å². The van der Waals surface area contributed by atoms with Gasteiger partial charge in [0.2, 0.25) is 0 Å². The molecule has 0 saturated heterocycles. The van der Waals surface area contributed by atoms with E-state index < -0.39 is 0 Å². The van der Waals surface area contributed by atoms with E-state index in [1.54, 1.807) is 7.11 Å². The van der Waals surface area contributed by atoms with Gasteiger partial charge in [0.05, 0.1) is 7.11 Å². The van der Waals surface area contributed by atoms with Crippen molar-refractivity contribution < 1.29 is 4.74 Å². The molecule has 0 aliphatic carbocycles. The number of ether oxygens (including phenoxy) is 1. The second-order valence-corrected chi connectivity index (χ2v) is 3.98. The maximum Gasteiger partial charge on any atom is 0.118 e. The van der Waals surface area contributed by atoms with Crippen LogP contribution in [0.5, 0.6) is 5.75 Å². The first-order valence-electron chi connectivity index (χ1n) is 5.68. The predicted molar refractivity (Wildman–Crippen MR) is 72.7 cm³/mol. The molecule has 0 saturated carbocycles. The number of methoxy groups -OCH3 is 1. The highest BCUT2D eigenvalue weighted by molar-refractivity contribution is 5.80. The van der Waals surface area contributed by atoms with Crippen LogP contribution in [0.2, 0.25) is 0 Å². The van der Waals surface area contributed by atoms with Gasteiger partial charge in [-0.25, -0.2) is 0 Å². The Bertz CT molecular complexity index is 503. The molecule has 0 bridgehead atoms. The van der Waals surface area contributed by atoms with E-state index in [1.807, 2.05) is 19.2 Å². The van der Waals surface area contributed by atoms with Gasteiger partial charge in [-0.05, 0) is 36.2 Å². The van der Waals surface area contributed by atoms with Gasteiger partial charge in [-0.2, -0.15) is 0 Å². The lowest BCUT2D eigenvalue weighted by Crippen LogP contribution is -1.94. The minimum Gasteiger partial charge on any atom is -0.497 e. The summed E-state index contributed by atoms with van der Waals surface area (Å²) in [7, 11) is 3.63. The molecule has 0 radical (unpaired) electrons. The molecule has 2 rings (SSSR count). The van der Waals surface area contributed by atoms with E-state index in [2.05, 4.69) is 42.6 Å². The third-order valence-electron chi connectivity index (χ3n) is 2.92. The van der Waals surface area contributed by atoms with Crippen molar-refractivity contribution in [2.45, 2.75) is 6.92 Å². The average Bonchev–Trinajstić information content (AvgIpc) is 2.38. The number of hydrogen-bond donors (Lipinski definition) is 1. The van der Waals surface area contributed by atoms with Crippen molar-refractivity contribution in [1.82, 2.24) is 0 Å². The first-order chi connectivity index (χ1) is 8.26. The second kappa shape index (κ2) is 4.91. The summed E-state index contributed by atoms with van der Waals surface area (Å²) in [6.07, 6.45) is 0. The van der Waals surface area contributed by atoms with E-state index >= 15 is 0 Å². The topological polar surface area (TPSA) is 21.3 Å². The quantitative estimate of drug-likeness (QED) is 0.863. The first-order valence-corrected chi connectivity index (χ1v) is 5.68. The summed E-state index contributed by atoms with van der Waals surface area (Å²) in [4.78, 5) is 0. The van der Waals surface area contributed by atoms with Crippen molar-refractivity contribution in [3.05, 3.63) is 48.0 Å². The molecule has 0 aliphatic heterocycles. The third kappa shape index (κ3) is 2.26. The van der Waals surface area contributed by atoms with Crippen LogP contribution in [0.15, 0.2) is 42.5 Å². The fourth-order valence-electron chi connectivity index (χ4n) is 2.02.